The fraction of sp³-hybridized carbons (Fsp3) is 0.286. The summed E-state index contributed by atoms with van der Waals surface area (Å²) in [5.41, 5.74) is 4.12. The Morgan fingerprint density at radius 3 is 2.60 bits per heavy atom. The van der Waals surface area contributed by atoms with E-state index in [9.17, 15) is 4.79 Å². The van der Waals surface area contributed by atoms with E-state index in [0.29, 0.717) is 36.6 Å². The van der Waals surface area contributed by atoms with Gasteiger partial charge in [-0.2, -0.15) is 0 Å². The SMILES string of the molecule is COc1ccc(Cc2nc3c4c(ncn3n2)OC2=C(C(=O)CC(C)(C)C2)[C@H]4c2ccccc2)cc1. The number of nitrogens with zero attached hydrogens (tertiary/aromatic N) is 4. The molecule has 2 aliphatic rings. The van der Waals surface area contributed by atoms with E-state index in [1.54, 1.807) is 18.0 Å². The van der Waals surface area contributed by atoms with Crippen molar-refractivity contribution in [2.24, 2.45) is 5.41 Å². The number of fused-ring (bicyclic) bond motifs is 3. The molecule has 0 saturated carbocycles. The summed E-state index contributed by atoms with van der Waals surface area (Å²) in [6, 6.07) is 17.9. The van der Waals surface area contributed by atoms with Gasteiger partial charge in [0, 0.05) is 30.8 Å². The van der Waals surface area contributed by atoms with Gasteiger partial charge in [-0.1, -0.05) is 56.3 Å². The van der Waals surface area contributed by atoms with E-state index in [2.05, 4.69) is 36.1 Å². The van der Waals surface area contributed by atoms with Crippen molar-refractivity contribution in [3.63, 3.8) is 0 Å². The zero-order valence-corrected chi connectivity index (χ0v) is 20.0. The van der Waals surface area contributed by atoms with Crippen LogP contribution in [0.1, 0.15) is 55.1 Å². The topological polar surface area (TPSA) is 78.6 Å². The average Bonchev–Trinajstić information content (AvgIpc) is 3.25. The van der Waals surface area contributed by atoms with Gasteiger partial charge in [-0.3, -0.25) is 4.79 Å². The molecule has 6 rings (SSSR count). The Kier molecular flexibility index (Phi) is 4.95. The number of aromatic nitrogens is 4. The van der Waals surface area contributed by atoms with Crippen molar-refractivity contribution >= 4 is 11.4 Å². The summed E-state index contributed by atoms with van der Waals surface area (Å²) in [6.45, 7) is 4.21. The number of ketones is 1. The minimum Gasteiger partial charge on any atom is -0.497 e. The van der Waals surface area contributed by atoms with E-state index >= 15 is 0 Å². The second kappa shape index (κ2) is 8.05. The summed E-state index contributed by atoms with van der Waals surface area (Å²) in [5.74, 6) is 2.53. The molecule has 2 aromatic heterocycles. The van der Waals surface area contributed by atoms with Crippen LogP contribution in [0.15, 0.2) is 72.3 Å². The van der Waals surface area contributed by atoms with Gasteiger partial charge in [-0.25, -0.2) is 14.5 Å². The number of hydrogen-bond acceptors (Lipinski definition) is 6. The molecule has 0 saturated heterocycles. The zero-order chi connectivity index (χ0) is 24.2. The van der Waals surface area contributed by atoms with Gasteiger partial charge in [0.1, 0.15) is 17.8 Å². The maximum absolute atomic E-state index is 13.5. The Balaban J connectivity index is 1.49. The number of carbonyl (C=O) groups is 1. The number of Topliss-reactive ketones (excluding diaryl/α,β-unsaturated/α-hetero) is 1. The van der Waals surface area contributed by atoms with Gasteiger partial charge in [0.25, 0.3) is 0 Å². The normalized spacial score (nSPS) is 18.7. The minimum atomic E-state index is -0.298. The number of benzene rings is 2. The monoisotopic (exact) mass is 466 g/mol. The predicted octanol–water partition coefficient (Wildman–Crippen LogP) is 4.89. The standard InChI is InChI=1S/C28H26N4O3/c1-28(2)14-20(33)24-21(15-28)35-27-25(23(24)18-7-5-4-6-8-18)26-30-22(31-32(26)16-29-27)13-17-9-11-19(34-3)12-10-17/h4-12,16,23H,13-15H2,1-3H3/t23-/m1/s1. The van der Waals surface area contributed by atoms with Crippen molar-refractivity contribution in [2.75, 3.05) is 7.11 Å². The molecule has 35 heavy (non-hydrogen) atoms. The van der Waals surface area contributed by atoms with Crippen LogP contribution in [0.3, 0.4) is 0 Å². The fourth-order valence-corrected chi connectivity index (χ4v) is 5.17. The molecule has 3 heterocycles. The zero-order valence-electron chi connectivity index (χ0n) is 20.0. The number of ether oxygens (including phenoxy) is 2. The Hall–Kier alpha value is -4.00. The molecule has 1 aliphatic heterocycles. The molecule has 0 unspecified atom stereocenters. The van der Waals surface area contributed by atoms with Crippen LogP contribution in [0.4, 0.5) is 0 Å². The number of methoxy groups -OCH3 is 1. The van der Waals surface area contributed by atoms with Crippen LogP contribution >= 0.6 is 0 Å². The van der Waals surface area contributed by atoms with Gasteiger partial charge < -0.3 is 9.47 Å². The van der Waals surface area contributed by atoms with E-state index in [1.807, 2.05) is 42.5 Å². The third kappa shape index (κ3) is 3.77. The van der Waals surface area contributed by atoms with Crippen molar-refractivity contribution in [1.29, 1.82) is 0 Å². The first-order chi connectivity index (χ1) is 16.9. The molecular formula is C28H26N4O3. The number of hydrogen-bond donors (Lipinski definition) is 0. The van der Waals surface area contributed by atoms with Crippen molar-refractivity contribution < 1.29 is 14.3 Å². The lowest BCUT2D eigenvalue weighted by molar-refractivity contribution is -0.118. The third-order valence-corrected chi connectivity index (χ3v) is 6.76. The van der Waals surface area contributed by atoms with Crippen molar-refractivity contribution in [1.82, 2.24) is 19.6 Å². The first-order valence-electron chi connectivity index (χ1n) is 11.8. The van der Waals surface area contributed by atoms with E-state index in [-0.39, 0.29) is 17.1 Å². The first kappa shape index (κ1) is 21.5. The lowest BCUT2D eigenvalue weighted by atomic mass is 9.70. The van der Waals surface area contributed by atoms with Crippen molar-refractivity contribution in [3.05, 3.63) is 94.8 Å². The molecule has 176 valence electrons. The fourth-order valence-electron chi connectivity index (χ4n) is 5.17. The van der Waals surface area contributed by atoms with Gasteiger partial charge >= 0.3 is 0 Å². The Bertz CT molecular complexity index is 1470. The molecule has 0 N–H and O–H groups in total. The van der Waals surface area contributed by atoms with E-state index in [0.717, 1.165) is 33.8 Å². The molecule has 1 atom stereocenters. The van der Waals surface area contributed by atoms with Crippen molar-refractivity contribution in [3.8, 4) is 11.6 Å². The maximum atomic E-state index is 13.5. The number of rotatable bonds is 4. The quantitative estimate of drug-likeness (QED) is 0.426. The van der Waals surface area contributed by atoms with Gasteiger partial charge in [0.05, 0.1) is 12.7 Å². The average molecular weight is 467 g/mol. The number of carbonyl (C=O) groups excluding carboxylic acids is 1. The van der Waals surface area contributed by atoms with Gasteiger partial charge in [0.2, 0.25) is 5.88 Å². The highest BCUT2D eigenvalue weighted by molar-refractivity contribution is 6.00. The third-order valence-electron chi connectivity index (χ3n) is 6.76. The molecule has 7 heteroatoms. The molecule has 0 amide bonds. The molecule has 0 bridgehead atoms. The van der Waals surface area contributed by atoms with Crippen molar-refractivity contribution in [2.45, 2.75) is 39.0 Å². The molecular weight excluding hydrogens is 440 g/mol. The Morgan fingerprint density at radius 1 is 1.09 bits per heavy atom. The van der Waals surface area contributed by atoms with Gasteiger partial charge in [-0.05, 0) is 28.7 Å². The maximum Gasteiger partial charge on any atom is 0.228 e. The molecule has 1 aliphatic carbocycles. The summed E-state index contributed by atoms with van der Waals surface area (Å²) in [5, 5.41) is 4.69. The van der Waals surface area contributed by atoms with E-state index < -0.39 is 0 Å². The van der Waals surface area contributed by atoms with Crippen LogP contribution in [-0.2, 0) is 11.2 Å². The molecule has 0 radical (unpaired) electrons. The van der Waals surface area contributed by atoms with Gasteiger partial charge in [-0.15, -0.1) is 5.10 Å². The highest BCUT2D eigenvalue weighted by Crippen LogP contribution is 2.50. The summed E-state index contributed by atoms with van der Waals surface area (Å²) in [4.78, 5) is 23.0. The van der Waals surface area contributed by atoms with Gasteiger partial charge in [0.15, 0.2) is 17.3 Å². The largest absolute Gasteiger partial charge is 0.497 e. The van der Waals surface area contributed by atoms with Crippen LogP contribution in [0.25, 0.3) is 5.65 Å². The second-order valence-corrected chi connectivity index (χ2v) is 10.0. The van der Waals surface area contributed by atoms with E-state index in [4.69, 9.17) is 14.5 Å². The van der Waals surface area contributed by atoms with Crippen LogP contribution in [0.5, 0.6) is 11.6 Å². The lowest BCUT2D eigenvalue weighted by Crippen LogP contribution is -2.33. The molecule has 2 aromatic carbocycles. The smallest absolute Gasteiger partial charge is 0.228 e. The summed E-state index contributed by atoms with van der Waals surface area (Å²) in [6.07, 6.45) is 3.39. The van der Waals surface area contributed by atoms with Crippen LogP contribution < -0.4 is 9.47 Å². The Labute approximate surface area is 203 Å². The first-order valence-corrected chi connectivity index (χ1v) is 11.8. The lowest BCUT2D eigenvalue weighted by Gasteiger charge is -2.37. The summed E-state index contributed by atoms with van der Waals surface area (Å²) < 4.78 is 13.3. The van der Waals surface area contributed by atoms with Crippen LogP contribution in [0, 0.1) is 5.41 Å². The highest BCUT2D eigenvalue weighted by atomic mass is 16.5. The summed E-state index contributed by atoms with van der Waals surface area (Å²) in [7, 11) is 1.65. The molecule has 0 fully saturated rings. The molecule has 7 nitrogen and oxygen atoms in total. The predicted molar refractivity (Wildman–Crippen MR) is 131 cm³/mol. The summed E-state index contributed by atoms with van der Waals surface area (Å²) >= 11 is 0. The Morgan fingerprint density at radius 2 is 1.86 bits per heavy atom. The highest BCUT2D eigenvalue weighted by Gasteiger charge is 2.43. The molecule has 4 aromatic rings. The molecule has 0 spiro atoms. The minimum absolute atomic E-state index is 0.121. The van der Waals surface area contributed by atoms with Crippen LogP contribution in [0.2, 0.25) is 0 Å². The van der Waals surface area contributed by atoms with E-state index in [1.165, 1.54) is 0 Å². The number of allylic oxidation sites excluding steroid dienone is 2. The van der Waals surface area contributed by atoms with Crippen LogP contribution in [-0.4, -0.2) is 32.5 Å². The second-order valence-electron chi connectivity index (χ2n) is 10.0.